The highest BCUT2D eigenvalue weighted by molar-refractivity contribution is 5.94. The number of carbonyl (C=O) groups is 1. The molecule has 0 saturated carbocycles. The molecule has 1 fully saturated rings. The number of carbonyl (C=O) groups excluding carboxylic acids is 1. The van der Waals surface area contributed by atoms with Crippen LogP contribution in [0.4, 0.5) is 4.39 Å². The van der Waals surface area contributed by atoms with Crippen LogP contribution in [0.2, 0.25) is 0 Å². The maximum Gasteiger partial charge on any atom is 0.254 e. The van der Waals surface area contributed by atoms with Gasteiger partial charge in [-0.05, 0) is 61.4 Å². The molecule has 1 amide bonds. The van der Waals surface area contributed by atoms with Crippen LogP contribution in [0.15, 0.2) is 55.2 Å². The lowest BCUT2D eigenvalue weighted by molar-refractivity contribution is 0.0668. The third-order valence-corrected chi connectivity index (χ3v) is 5.24. The maximum atomic E-state index is 13.0. The van der Waals surface area contributed by atoms with Gasteiger partial charge in [-0.3, -0.25) is 9.36 Å². The zero-order valence-electron chi connectivity index (χ0n) is 15.5. The van der Waals surface area contributed by atoms with Crippen molar-refractivity contribution in [1.82, 2.24) is 24.6 Å². The van der Waals surface area contributed by atoms with Crippen molar-refractivity contribution in [3.63, 3.8) is 0 Å². The van der Waals surface area contributed by atoms with Crippen molar-refractivity contribution in [2.45, 2.75) is 25.7 Å². The van der Waals surface area contributed by atoms with E-state index in [9.17, 15) is 9.18 Å². The summed E-state index contributed by atoms with van der Waals surface area (Å²) in [5.41, 5.74) is 1.76. The van der Waals surface area contributed by atoms with E-state index < -0.39 is 0 Å². The highest BCUT2D eigenvalue weighted by atomic mass is 19.1. The summed E-state index contributed by atoms with van der Waals surface area (Å²) in [5, 5.41) is 7.56. The number of aryl methyl sites for hydroxylation is 1. The van der Waals surface area contributed by atoms with E-state index in [2.05, 4.69) is 15.2 Å². The number of hydrogen-bond acceptors (Lipinski definition) is 4. The van der Waals surface area contributed by atoms with Crippen molar-refractivity contribution < 1.29 is 9.18 Å². The lowest BCUT2D eigenvalue weighted by atomic mass is 9.91. The minimum Gasteiger partial charge on any atom is -0.338 e. The van der Waals surface area contributed by atoms with E-state index in [0.717, 1.165) is 44.3 Å². The first-order valence-corrected chi connectivity index (χ1v) is 9.54. The summed E-state index contributed by atoms with van der Waals surface area (Å²) >= 11 is 0. The van der Waals surface area contributed by atoms with Crippen LogP contribution in [0, 0.1) is 11.7 Å². The Kier molecular flexibility index (Phi) is 5.41. The van der Waals surface area contributed by atoms with Gasteiger partial charge in [0.05, 0.1) is 0 Å². The second-order valence-corrected chi connectivity index (χ2v) is 7.20. The number of aromatic nitrogens is 4. The number of likely N-dealkylation sites (tertiary alicyclic amines) is 1. The molecule has 1 saturated heterocycles. The highest BCUT2D eigenvalue weighted by Gasteiger charge is 2.24. The Hall–Kier alpha value is -3.09. The number of benzene rings is 1. The van der Waals surface area contributed by atoms with E-state index >= 15 is 0 Å². The van der Waals surface area contributed by atoms with Crippen molar-refractivity contribution in [1.29, 1.82) is 0 Å². The molecule has 0 aliphatic carbocycles. The Morgan fingerprint density at radius 3 is 2.71 bits per heavy atom. The molecule has 0 spiro atoms. The summed E-state index contributed by atoms with van der Waals surface area (Å²) < 4.78 is 14.7. The minimum absolute atomic E-state index is 0.0307. The van der Waals surface area contributed by atoms with E-state index in [4.69, 9.17) is 0 Å². The fourth-order valence-corrected chi connectivity index (χ4v) is 3.70. The molecule has 7 heteroatoms. The molecule has 0 N–H and O–H groups in total. The molecule has 1 aliphatic heterocycles. The van der Waals surface area contributed by atoms with Gasteiger partial charge in [0.2, 0.25) is 0 Å². The standard InChI is InChI=1S/C21H22FN5O/c22-19-7-5-16(6-8-19)3-4-17-2-1-11-26(13-17)21(28)18-9-10-23-20(12-18)27-14-24-25-15-27/h5-10,12,14-15,17H,1-4,11,13H2/t17-/m1/s1. The molecule has 6 nitrogen and oxygen atoms in total. The summed E-state index contributed by atoms with van der Waals surface area (Å²) in [6.07, 6.45) is 8.78. The van der Waals surface area contributed by atoms with Crippen LogP contribution >= 0.6 is 0 Å². The average Bonchev–Trinajstić information content (AvgIpc) is 3.28. The van der Waals surface area contributed by atoms with Gasteiger partial charge in [-0.25, -0.2) is 9.37 Å². The van der Waals surface area contributed by atoms with E-state index in [0.29, 0.717) is 17.3 Å². The van der Waals surface area contributed by atoms with Gasteiger partial charge in [-0.2, -0.15) is 0 Å². The number of nitrogens with zero attached hydrogens (tertiary/aromatic N) is 5. The third kappa shape index (κ3) is 4.24. The molecule has 1 atom stereocenters. The number of hydrogen-bond donors (Lipinski definition) is 0. The number of rotatable bonds is 5. The fourth-order valence-electron chi connectivity index (χ4n) is 3.70. The minimum atomic E-state index is -0.207. The lowest BCUT2D eigenvalue weighted by Crippen LogP contribution is -2.40. The van der Waals surface area contributed by atoms with E-state index in [-0.39, 0.29) is 11.7 Å². The van der Waals surface area contributed by atoms with Crippen LogP contribution in [0.3, 0.4) is 0 Å². The van der Waals surface area contributed by atoms with Crippen LogP contribution < -0.4 is 0 Å². The molecule has 2 aromatic heterocycles. The van der Waals surface area contributed by atoms with Gasteiger partial charge in [0.15, 0.2) is 0 Å². The topological polar surface area (TPSA) is 63.9 Å². The van der Waals surface area contributed by atoms with Gasteiger partial charge >= 0.3 is 0 Å². The molecular formula is C21H22FN5O. The monoisotopic (exact) mass is 379 g/mol. The molecule has 3 heterocycles. The zero-order chi connectivity index (χ0) is 19.3. The van der Waals surface area contributed by atoms with Crippen molar-refractivity contribution in [3.05, 3.63) is 72.2 Å². The van der Waals surface area contributed by atoms with Gasteiger partial charge in [0.25, 0.3) is 5.91 Å². The van der Waals surface area contributed by atoms with Gasteiger partial charge in [-0.15, -0.1) is 10.2 Å². The molecule has 1 aliphatic rings. The van der Waals surface area contributed by atoms with Crippen molar-refractivity contribution in [2.75, 3.05) is 13.1 Å². The predicted molar refractivity (Wildman–Crippen MR) is 103 cm³/mol. The Morgan fingerprint density at radius 1 is 1.14 bits per heavy atom. The summed E-state index contributed by atoms with van der Waals surface area (Å²) in [5.74, 6) is 0.909. The smallest absolute Gasteiger partial charge is 0.254 e. The second kappa shape index (κ2) is 8.29. The zero-order valence-corrected chi connectivity index (χ0v) is 15.5. The Balaban J connectivity index is 1.39. The molecule has 1 aromatic carbocycles. The SMILES string of the molecule is O=C(c1ccnc(-n2cnnc2)c1)N1CCC[C@H](CCc2ccc(F)cc2)C1. The molecule has 3 aromatic rings. The largest absolute Gasteiger partial charge is 0.338 e. The maximum absolute atomic E-state index is 13.0. The molecular weight excluding hydrogens is 357 g/mol. The fraction of sp³-hybridized carbons (Fsp3) is 0.333. The van der Waals surface area contributed by atoms with Crippen LogP contribution in [-0.2, 0) is 6.42 Å². The van der Waals surface area contributed by atoms with Crippen LogP contribution in [0.1, 0.15) is 35.2 Å². The quantitative estimate of drug-likeness (QED) is 0.682. The van der Waals surface area contributed by atoms with Gasteiger partial charge in [-0.1, -0.05) is 12.1 Å². The summed E-state index contributed by atoms with van der Waals surface area (Å²) in [6.45, 7) is 1.53. The molecule has 0 unspecified atom stereocenters. The summed E-state index contributed by atoms with van der Waals surface area (Å²) in [7, 11) is 0. The molecule has 144 valence electrons. The average molecular weight is 379 g/mol. The van der Waals surface area contributed by atoms with Gasteiger partial charge in [0, 0.05) is 24.8 Å². The molecule has 0 bridgehead atoms. The molecule has 4 rings (SSSR count). The van der Waals surface area contributed by atoms with Crippen LogP contribution in [-0.4, -0.2) is 43.6 Å². The molecule has 0 radical (unpaired) electrons. The normalized spacial score (nSPS) is 16.9. The van der Waals surface area contributed by atoms with E-state index in [1.54, 1.807) is 35.6 Å². The van der Waals surface area contributed by atoms with Crippen molar-refractivity contribution >= 4 is 5.91 Å². The first-order chi connectivity index (χ1) is 13.7. The Morgan fingerprint density at radius 2 is 1.93 bits per heavy atom. The number of pyridine rings is 1. The first kappa shape index (κ1) is 18.3. The van der Waals surface area contributed by atoms with Gasteiger partial charge < -0.3 is 4.90 Å². The Labute approximate surface area is 163 Å². The summed E-state index contributed by atoms with van der Waals surface area (Å²) in [4.78, 5) is 19.2. The third-order valence-electron chi connectivity index (χ3n) is 5.24. The van der Waals surface area contributed by atoms with Crippen molar-refractivity contribution in [2.24, 2.45) is 5.92 Å². The second-order valence-electron chi connectivity index (χ2n) is 7.20. The van der Waals surface area contributed by atoms with Crippen molar-refractivity contribution in [3.8, 4) is 5.82 Å². The number of amides is 1. The summed E-state index contributed by atoms with van der Waals surface area (Å²) in [6, 6.07) is 10.2. The van der Waals surface area contributed by atoms with E-state index in [1.165, 1.54) is 12.1 Å². The van der Waals surface area contributed by atoms with Crippen LogP contribution in [0.5, 0.6) is 0 Å². The number of piperidine rings is 1. The lowest BCUT2D eigenvalue weighted by Gasteiger charge is -2.33. The predicted octanol–water partition coefficient (Wildman–Crippen LogP) is 3.29. The van der Waals surface area contributed by atoms with Gasteiger partial charge in [0.1, 0.15) is 24.3 Å². The molecule has 28 heavy (non-hydrogen) atoms. The number of halogens is 1. The van der Waals surface area contributed by atoms with E-state index in [1.807, 2.05) is 17.0 Å². The Bertz CT molecular complexity index is 926. The first-order valence-electron chi connectivity index (χ1n) is 9.54. The highest BCUT2D eigenvalue weighted by Crippen LogP contribution is 2.23. The van der Waals surface area contributed by atoms with Crippen LogP contribution in [0.25, 0.3) is 5.82 Å².